The molecule has 2 atom stereocenters. The molecule has 3 rings (SSSR count). The van der Waals surface area contributed by atoms with E-state index in [9.17, 15) is 0 Å². The van der Waals surface area contributed by atoms with Gasteiger partial charge in [0.2, 0.25) is 0 Å². The lowest BCUT2D eigenvalue weighted by Crippen LogP contribution is -2.45. The molecule has 2 aromatic rings. The summed E-state index contributed by atoms with van der Waals surface area (Å²) in [4.78, 5) is 6.72. The number of hydrogen-bond acceptors (Lipinski definition) is 5. The van der Waals surface area contributed by atoms with E-state index in [0.717, 1.165) is 48.2 Å². The second-order valence-corrected chi connectivity index (χ2v) is 7.23. The minimum Gasteiger partial charge on any atom is -0.497 e. The first-order valence-corrected chi connectivity index (χ1v) is 10.2. The monoisotopic (exact) mass is 412 g/mol. The van der Waals surface area contributed by atoms with Crippen molar-refractivity contribution in [1.29, 1.82) is 0 Å². The van der Waals surface area contributed by atoms with Crippen molar-refractivity contribution in [1.82, 2.24) is 10.6 Å². The van der Waals surface area contributed by atoms with Crippen molar-refractivity contribution in [3.05, 3.63) is 54.1 Å². The SMILES string of the molecule is CN=C(NCC(OC)c1ccccc1)NC1CCN(c2cc(OC)cc(OC)c2)C1. The topological polar surface area (TPSA) is 67.4 Å². The molecular weight excluding hydrogens is 380 g/mol. The Labute approximate surface area is 179 Å². The molecule has 2 N–H and O–H groups in total. The molecule has 2 aromatic carbocycles. The van der Waals surface area contributed by atoms with Gasteiger partial charge in [0.15, 0.2) is 5.96 Å². The lowest BCUT2D eigenvalue weighted by atomic mass is 10.1. The van der Waals surface area contributed by atoms with Crippen LogP contribution in [-0.4, -0.2) is 60.0 Å². The van der Waals surface area contributed by atoms with Crippen molar-refractivity contribution >= 4 is 11.6 Å². The highest BCUT2D eigenvalue weighted by Crippen LogP contribution is 2.30. The number of ether oxygens (including phenoxy) is 3. The van der Waals surface area contributed by atoms with Gasteiger partial charge in [-0.3, -0.25) is 4.99 Å². The zero-order chi connectivity index (χ0) is 21.3. The summed E-state index contributed by atoms with van der Waals surface area (Å²) in [6, 6.07) is 16.5. The van der Waals surface area contributed by atoms with Crippen LogP contribution < -0.4 is 25.0 Å². The van der Waals surface area contributed by atoms with E-state index in [4.69, 9.17) is 14.2 Å². The fourth-order valence-corrected chi connectivity index (χ4v) is 3.67. The van der Waals surface area contributed by atoms with Crippen molar-refractivity contribution in [3.63, 3.8) is 0 Å². The average Bonchev–Trinajstić information content (AvgIpc) is 3.27. The Bertz CT molecular complexity index is 806. The van der Waals surface area contributed by atoms with Crippen LogP contribution in [0.2, 0.25) is 0 Å². The van der Waals surface area contributed by atoms with Crippen LogP contribution in [0.25, 0.3) is 0 Å². The predicted molar refractivity (Wildman–Crippen MR) is 121 cm³/mol. The highest BCUT2D eigenvalue weighted by molar-refractivity contribution is 5.80. The number of nitrogens with one attached hydrogen (secondary N) is 2. The summed E-state index contributed by atoms with van der Waals surface area (Å²) in [6.07, 6.45) is 0.987. The number of hydrogen-bond donors (Lipinski definition) is 2. The van der Waals surface area contributed by atoms with E-state index in [1.165, 1.54) is 0 Å². The molecule has 1 fully saturated rings. The lowest BCUT2D eigenvalue weighted by Gasteiger charge is -2.22. The Hall–Kier alpha value is -2.93. The minimum atomic E-state index is -0.0333. The van der Waals surface area contributed by atoms with E-state index in [1.807, 2.05) is 36.4 Å². The van der Waals surface area contributed by atoms with Crippen molar-refractivity contribution in [2.24, 2.45) is 4.99 Å². The molecule has 0 saturated carbocycles. The van der Waals surface area contributed by atoms with Crippen LogP contribution in [0.4, 0.5) is 5.69 Å². The molecule has 0 amide bonds. The van der Waals surface area contributed by atoms with E-state index in [2.05, 4.69) is 32.7 Å². The summed E-state index contributed by atoms with van der Waals surface area (Å²) in [7, 11) is 6.86. The van der Waals surface area contributed by atoms with Gasteiger partial charge >= 0.3 is 0 Å². The third-order valence-corrected chi connectivity index (χ3v) is 5.36. The zero-order valence-electron chi connectivity index (χ0n) is 18.2. The first-order chi connectivity index (χ1) is 14.7. The third kappa shape index (κ3) is 5.57. The lowest BCUT2D eigenvalue weighted by molar-refractivity contribution is 0.106. The van der Waals surface area contributed by atoms with Gasteiger partial charge in [-0.1, -0.05) is 30.3 Å². The second kappa shape index (κ2) is 10.7. The maximum absolute atomic E-state index is 5.64. The van der Waals surface area contributed by atoms with Crippen molar-refractivity contribution in [2.75, 3.05) is 52.9 Å². The highest BCUT2D eigenvalue weighted by Gasteiger charge is 2.24. The van der Waals surface area contributed by atoms with Gasteiger partial charge in [-0.05, 0) is 12.0 Å². The molecule has 30 heavy (non-hydrogen) atoms. The normalized spacial score (nSPS) is 17.5. The smallest absolute Gasteiger partial charge is 0.191 e. The maximum atomic E-state index is 5.64. The molecule has 0 spiro atoms. The van der Waals surface area contributed by atoms with Gasteiger partial charge in [0.05, 0.1) is 20.3 Å². The Balaban J connectivity index is 1.56. The summed E-state index contributed by atoms with van der Waals surface area (Å²) in [5.41, 5.74) is 2.24. The molecule has 0 bridgehead atoms. The van der Waals surface area contributed by atoms with Crippen molar-refractivity contribution < 1.29 is 14.2 Å². The van der Waals surface area contributed by atoms with Gasteiger partial charge in [-0.25, -0.2) is 0 Å². The van der Waals surface area contributed by atoms with Gasteiger partial charge in [-0.15, -0.1) is 0 Å². The van der Waals surface area contributed by atoms with E-state index in [-0.39, 0.29) is 6.10 Å². The second-order valence-electron chi connectivity index (χ2n) is 7.23. The Kier molecular flexibility index (Phi) is 7.79. The van der Waals surface area contributed by atoms with Gasteiger partial charge in [0.1, 0.15) is 11.5 Å². The Morgan fingerprint density at radius 1 is 1.10 bits per heavy atom. The number of aliphatic imine (C=N–C) groups is 1. The third-order valence-electron chi connectivity index (χ3n) is 5.36. The predicted octanol–water partition coefficient (Wildman–Crippen LogP) is 2.84. The summed E-state index contributed by atoms with van der Waals surface area (Å²) >= 11 is 0. The number of guanidine groups is 1. The van der Waals surface area contributed by atoms with Gasteiger partial charge < -0.3 is 29.7 Å². The van der Waals surface area contributed by atoms with Crippen molar-refractivity contribution in [3.8, 4) is 11.5 Å². The summed E-state index contributed by atoms with van der Waals surface area (Å²) in [5.74, 6) is 2.37. The average molecular weight is 413 g/mol. The molecule has 1 heterocycles. The minimum absolute atomic E-state index is 0.0333. The fraction of sp³-hybridized carbons (Fsp3) is 0.435. The molecule has 7 nitrogen and oxygen atoms in total. The van der Waals surface area contributed by atoms with E-state index < -0.39 is 0 Å². The van der Waals surface area contributed by atoms with Crippen LogP contribution in [0.3, 0.4) is 0 Å². The van der Waals surface area contributed by atoms with E-state index in [1.54, 1.807) is 28.4 Å². The number of methoxy groups -OCH3 is 3. The van der Waals surface area contributed by atoms with Crippen LogP contribution in [0.5, 0.6) is 11.5 Å². The maximum Gasteiger partial charge on any atom is 0.191 e. The fourth-order valence-electron chi connectivity index (χ4n) is 3.67. The van der Waals surface area contributed by atoms with Crippen LogP contribution in [-0.2, 0) is 4.74 Å². The van der Waals surface area contributed by atoms with Gasteiger partial charge in [0, 0.05) is 63.7 Å². The van der Waals surface area contributed by atoms with Crippen LogP contribution in [0, 0.1) is 0 Å². The standard InChI is InChI=1S/C23H32N4O3/c1-24-23(25-15-22(30-4)17-8-6-5-7-9-17)26-18-10-11-27(16-18)19-12-20(28-2)14-21(13-19)29-3/h5-9,12-14,18,22H,10-11,15-16H2,1-4H3,(H2,24,25,26). The van der Waals surface area contributed by atoms with Crippen molar-refractivity contribution in [2.45, 2.75) is 18.6 Å². The molecule has 162 valence electrons. The molecule has 7 heteroatoms. The molecule has 2 unspecified atom stereocenters. The van der Waals surface area contributed by atoms with Crippen LogP contribution in [0.15, 0.2) is 53.5 Å². The van der Waals surface area contributed by atoms with Crippen LogP contribution in [0.1, 0.15) is 18.1 Å². The number of benzene rings is 2. The molecule has 1 aliphatic rings. The molecule has 0 radical (unpaired) electrons. The molecule has 1 aliphatic heterocycles. The number of anilines is 1. The first-order valence-electron chi connectivity index (χ1n) is 10.2. The largest absolute Gasteiger partial charge is 0.497 e. The van der Waals surface area contributed by atoms with Gasteiger partial charge in [0.25, 0.3) is 0 Å². The zero-order valence-corrected chi connectivity index (χ0v) is 18.2. The van der Waals surface area contributed by atoms with E-state index >= 15 is 0 Å². The number of rotatable bonds is 8. The number of nitrogens with zero attached hydrogens (tertiary/aromatic N) is 2. The molecular formula is C23H32N4O3. The van der Waals surface area contributed by atoms with Gasteiger partial charge in [-0.2, -0.15) is 0 Å². The summed E-state index contributed by atoms with van der Waals surface area (Å²) < 4.78 is 16.5. The molecule has 0 aliphatic carbocycles. The quantitative estimate of drug-likeness (QED) is 0.513. The van der Waals surface area contributed by atoms with Crippen LogP contribution >= 0.6 is 0 Å². The molecule has 0 aromatic heterocycles. The first kappa shape index (κ1) is 21.8. The highest BCUT2D eigenvalue weighted by atomic mass is 16.5. The molecule has 1 saturated heterocycles. The Morgan fingerprint density at radius 2 is 1.80 bits per heavy atom. The Morgan fingerprint density at radius 3 is 2.40 bits per heavy atom. The van der Waals surface area contributed by atoms with E-state index in [0.29, 0.717) is 12.6 Å². The summed E-state index contributed by atoms with van der Waals surface area (Å²) in [5, 5.41) is 6.92. The summed E-state index contributed by atoms with van der Waals surface area (Å²) in [6.45, 7) is 2.48.